The summed E-state index contributed by atoms with van der Waals surface area (Å²) in [6, 6.07) is 11.2. The van der Waals surface area contributed by atoms with Crippen molar-refractivity contribution in [2.24, 2.45) is 7.05 Å². The van der Waals surface area contributed by atoms with Gasteiger partial charge in [-0.2, -0.15) is 0 Å². The number of rotatable bonds is 5. The van der Waals surface area contributed by atoms with E-state index in [9.17, 15) is 4.79 Å². The smallest absolute Gasteiger partial charge is 0.253 e. The number of amides is 1. The van der Waals surface area contributed by atoms with Gasteiger partial charge in [-0.1, -0.05) is 12.1 Å². The summed E-state index contributed by atoms with van der Waals surface area (Å²) in [5, 5.41) is 3.07. The number of hydrogen-bond donors (Lipinski definition) is 1. The van der Waals surface area contributed by atoms with Gasteiger partial charge in [0.25, 0.3) is 5.91 Å². The van der Waals surface area contributed by atoms with Gasteiger partial charge in [-0.25, -0.2) is 4.98 Å². The van der Waals surface area contributed by atoms with Crippen LogP contribution in [0.4, 0.5) is 5.69 Å². The van der Waals surface area contributed by atoms with Crippen LogP contribution in [0.1, 0.15) is 27.8 Å². The van der Waals surface area contributed by atoms with Gasteiger partial charge in [-0.3, -0.25) is 9.78 Å². The topological polar surface area (TPSA) is 63.1 Å². The van der Waals surface area contributed by atoms with Crippen molar-refractivity contribution < 1.29 is 4.79 Å². The summed E-state index contributed by atoms with van der Waals surface area (Å²) in [5.41, 5.74) is 2.59. The minimum absolute atomic E-state index is 0.183. The second-order valence-corrected chi connectivity index (χ2v) is 6.03. The van der Waals surface area contributed by atoms with Gasteiger partial charge < -0.3 is 14.8 Å². The summed E-state index contributed by atoms with van der Waals surface area (Å²) in [5.74, 6) is 0.590. The summed E-state index contributed by atoms with van der Waals surface area (Å²) in [4.78, 5) is 23.1. The summed E-state index contributed by atoms with van der Waals surface area (Å²) in [7, 11) is 5.91. The molecule has 0 saturated heterocycles. The van der Waals surface area contributed by atoms with E-state index in [4.69, 9.17) is 0 Å². The van der Waals surface area contributed by atoms with E-state index in [0.29, 0.717) is 5.56 Å². The maximum atomic E-state index is 12.6. The van der Waals surface area contributed by atoms with Crippen molar-refractivity contribution in [1.82, 2.24) is 19.9 Å². The predicted molar refractivity (Wildman–Crippen MR) is 97.5 cm³/mol. The van der Waals surface area contributed by atoms with Crippen LogP contribution in [-0.4, -0.2) is 34.5 Å². The fourth-order valence-electron chi connectivity index (χ4n) is 2.63. The van der Waals surface area contributed by atoms with Crippen LogP contribution in [0, 0.1) is 0 Å². The average Bonchev–Trinajstić information content (AvgIpc) is 3.06. The van der Waals surface area contributed by atoms with Gasteiger partial charge in [0.1, 0.15) is 11.9 Å². The lowest BCUT2D eigenvalue weighted by molar-refractivity contribution is 0.0941. The molecule has 0 spiro atoms. The first kappa shape index (κ1) is 16.7. The molecule has 6 nitrogen and oxygen atoms in total. The molecule has 0 fully saturated rings. The van der Waals surface area contributed by atoms with E-state index in [1.165, 1.54) is 0 Å². The molecule has 0 radical (unpaired) electrons. The highest BCUT2D eigenvalue weighted by molar-refractivity contribution is 5.94. The molecule has 0 aliphatic rings. The van der Waals surface area contributed by atoms with Crippen LogP contribution in [-0.2, 0) is 7.05 Å². The summed E-state index contributed by atoms with van der Waals surface area (Å²) < 4.78 is 1.91. The maximum absolute atomic E-state index is 12.6. The molecule has 3 aromatic rings. The number of aromatic nitrogens is 3. The predicted octanol–water partition coefficient (Wildman–Crippen LogP) is 2.40. The summed E-state index contributed by atoms with van der Waals surface area (Å²) >= 11 is 0. The van der Waals surface area contributed by atoms with Crippen LogP contribution in [0.5, 0.6) is 0 Å². The molecular formula is C19H21N5O. The minimum atomic E-state index is -0.344. The first-order chi connectivity index (χ1) is 12.1. The van der Waals surface area contributed by atoms with Crippen LogP contribution in [0.25, 0.3) is 0 Å². The van der Waals surface area contributed by atoms with Crippen molar-refractivity contribution in [2.75, 3.05) is 19.0 Å². The lowest BCUT2D eigenvalue weighted by Crippen LogP contribution is -2.31. The quantitative estimate of drug-likeness (QED) is 0.778. The standard InChI is InChI=1S/C19H21N5O/c1-23(2)16-8-6-14(7-9-16)17(18-21-11-12-24(18)3)22-19(25)15-5-4-10-20-13-15/h4-13,17H,1-3H3,(H,22,25). The van der Waals surface area contributed by atoms with Gasteiger partial charge in [0.15, 0.2) is 0 Å². The molecular weight excluding hydrogens is 314 g/mol. The van der Waals surface area contributed by atoms with Crippen LogP contribution in [0.15, 0.2) is 61.2 Å². The number of benzene rings is 1. The molecule has 2 aromatic heterocycles. The minimum Gasteiger partial charge on any atom is -0.378 e. The van der Waals surface area contributed by atoms with E-state index in [1.54, 1.807) is 30.7 Å². The third kappa shape index (κ3) is 3.68. The van der Waals surface area contributed by atoms with Crippen LogP contribution in [0.2, 0.25) is 0 Å². The first-order valence-corrected chi connectivity index (χ1v) is 8.01. The Balaban J connectivity index is 1.93. The molecule has 0 saturated carbocycles. The molecule has 0 bridgehead atoms. The Hall–Kier alpha value is -3.15. The molecule has 6 heteroatoms. The van der Waals surface area contributed by atoms with Crippen molar-refractivity contribution in [3.8, 4) is 0 Å². The molecule has 0 aliphatic carbocycles. The van der Waals surface area contributed by atoms with Crippen LogP contribution < -0.4 is 10.2 Å². The molecule has 1 aromatic carbocycles. The molecule has 1 unspecified atom stereocenters. The number of nitrogens with one attached hydrogen (secondary N) is 1. The van der Waals surface area contributed by atoms with Gasteiger partial charge in [0.2, 0.25) is 0 Å². The molecule has 3 rings (SSSR count). The van der Waals surface area contributed by atoms with E-state index < -0.39 is 0 Å². The van der Waals surface area contributed by atoms with Crippen molar-refractivity contribution in [3.63, 3.8) is 0 Å². The van der Waals surface area contributed by atoms with Crippen LogP contribution >= 0.6 is 0 Å². The zero-order valence-corrected chi connectivity index (χ0v) is 14.5. The lowest BCUT2D eigenvalue weighted by Gasteiger charge is -2.20. The van der Waals surface area contributed by atoms with Gasteiger partial charge in [0.05, 0.1) is 5.56 Å². The zero-order chi connectivity index (χ0) is 17.8. The Morgan fingerprint density at radius 2 is 1.92 bits per heavy atom. The highest BCUT2D eigenvalue weighted by Crippen LogP contribution is 2.23. The van der Waals surface area contributed by atoms with E-state index in [2.05, 4.69) is 15.3 Å². The van der Waals surface area contributed by atoms with E-state index in [0.717, 1.165) is 17.1 Å². The number of nitrogens with zero attached hydrogens (tertiary/aromatic N) is 4. The normalized spacial score (nSPS) is 11.8. The van der Waals surface area contributed by atoms with Gasteiger partial charge in [-0.15, -0.1) is 0 Å². The number of carbonyl (C=O) groups excluding carboxylic acids is 1. The number of hydrogen-bond acceptors (Lipinski definition) is 4. The van der Waals surface area contributed by atoms with Gasteiger partial charge in [-0.05, 0) is 29.8 Å². The molecule has 2 heterocycles. The SMILES string of the molecule is CN(C)c1ccc(C(NC(=O)c2cccnc2)c2nccn2C)cc1. The number of aryl methyl sites for hydroxylation is 1. The van der Waals surface area contributed by atoms with Crippen molar-refractivity contribution in [1.29, 1.82) is 0 Å². The number of anilines is 1. The van der Waals surface area contributed by atoms with Crippen molar-refractivity contribution in [3.05, 3.63) is 78.1 Å². The Kier molecular flexibility index (Phi) is 4.79. The Labute approximate surface area is 147 Å². The Bertz CT molecular complexity index is 840. The number of imidazole rings is 1. The van der Waals surface area contributed by atoms with E-state index in [-0.39, 0.29) is 11.9 Å². The fraction of sp³-hybridized carbons (Fsp3) is 0.211. The molecule has 0 aliphatic heterocycles. The number of pyridine rings is 1. The van der Waals surface area contributed by atoms with E-state index >= 15 is 0 Å². The summed E-state index contributed by atoms with van der Waals surface area (Å²) in [6.45, 7) is 0. The van der Waals surface area contributed by atoms with E-state index in [1.807, 2.05) is 61.1 Å². The fourth-order valence-corrected chi connectivity index (χ4v) is 2.63. The second kappa shape index (κ2) is 7.17. The zero-order valence-electron chi connectivity index (χ0n) is 14.5. The van der Waals surface area contributed by atoms with Crippen molar-refractivity contribution in [2.45, 2.75) is 6.04 Å². The molecule has 25 heavy (non-hydrogen) atoms. The van der Waals surface area contributed by atoms with Crippen molar-refractivity contribution >= 4 is 11.6 Å². The Morgan fingerprint density at radius 1 is 1.16 bits per heavy atom. The Morgan fingerprint density at radius 3 is 2.48 bits per heavy atom. The van der Waals surface area contributed by atoms with Crippen LogP contribution in [0.3, 0.4) is 0 Å². The molecule has 1 N–H and O–H groups in total. The second-order valence-electron chi connectivity index (χ2n) is 6.03. The molecule has 128 valence electrons. The lowest BCUT2D eigenvalue weighted by atomic mass is 10.0. The van der Waals surface area contributed by atoms with Gasteiger partial charge in [0, 0.05) is 51.6 Å². The monoisotopic (exact) mass is 335 g/mol. The third-order valence-electron chi connectivity index (χ3n) is 4.06. The molecule has 1 atom stereocenters. The first-order valence-electron chi connectivity index (χ1n) is 8.01. The number of carbonyl (C=O) groups is 1. The average molecular weight is 335 g/mol. The molecule has 1 amide bonds. The maximum Gasteiger partial charge on any atom is 0.253 e. The highest BCUT2D eigenvalue weighted by atomic mass is 16.1. The third-order valence-corrected chi connectivity index (χ3v) is 4.06. The highest BCUT2D eigenvalue weighted by Gasteiger charge is 2.21. The van der Waals surface area contributed by atoms with Gasteiger partial charge >= 0.3 is 0 Å². The largest absolute Gasteiger partial charge is 0.378 e. The summed E-state index contributed by atoms with van der Waals surface area (Å²) in [6.07, 6.45) is 6.80.